The minimum Gasteiger partial charge on any atom is -0.349 e. The van der Waals surface area contributed by atoms with Crippen molar-refractivity contribution in [1.29, 1.82) is 0 Å². The summed E-state index contributed by atoms with van der Waals surface area (Å²) < 4.78 is 1.89. The number of aromatic nitrogens is 3. The van der Waals surface area contributed by atoms with Crippen molar-refractivity contribution in [1.82, 2.24) is 25.0 Å². The van der Waals surface area contributed by atoms with Gasteiger partial charge in [0.15, 0.2) is 11.8 Å². The fourth-order valence-electron chi connectivity index (χ4n) is 1.85. The van der Waals surface area contributed by atoms with Gasteiger partial charge in [0.25, 0.3) is 0 Å². The molecule has 0 radical (unpaired) electrons. The Hall–Kier alpha value is -1.16. The molecule has 0 aliphatic carbocycles. The van der Waals surface area contributed by atoms with Gasteiger partial charge in [-0.15, -0.1) is 45.5 Å². The van der Waals surface area contributed by atoms with Crippen LogP contribution in [0.2, 0.25) is 0 Å². The molecule has 0 spiro atoms. The van der Waals surface area contributed by atoms with Gasteiger partial charge in [0.05, 0.1) is 6.54 Å². The second kappa shape index (κ2) is 8.98. The van der Waals surface area contributed by atoms with Crippen LogP contribution in [0.25, 0.3) is 0 Å². The van der Waals surface area contributed by atoms with Crippen molar-refractivity contribution in [3.8, 4) is 0 Å². The first kappa shape index (κ1) is 17.9. The van der Waals surface area contributed by atoms with Crippen molar-refractivity contribution in [2.24, 2.45) is 12.0 Å². The van der Waals surface area contributed by atoms with E-state index < -0.39 is 0 Å². The molecule has 1 N–H and O–H groups in total. The molecule has 2 rings (SSSR count). The van der Waals surface area contributed by atoms with Crippen LogP contribution in [0.1, 0.15) is 10.7 Å². The number of thiophene rings is 1. The zero-order valence-corrected chi connectivity index (χ0v) is 15.6. The SMILES string of the molecule is CN=C(NCc1nncn1C)N(C)CCc1cccs1.I. The van der Waals surface area contributed by atoms with E-state index in [1.165, 1.54) is 4.88 Å². The maximum atomic E-state index is 4.29. The van der Waals surface area contributed by atoms with Gasteiger partial charge in [-0.25, -0.2) is 0 Å². The van der Waals surface area contributed by atoms with Gasteiger partial charge < -0.3 is 14.8 Å². The highest BCUT2D eigenvalue weighted by molar-refractivity contribution is 14.0. The molecule has 2 heterocycles. The number of halogens is 1. The van der Waals surface area contributed by atoms with E-state index in [4.69, 9.17) is 0 Å². The maximum Gasteiger partial charge on any atom is 0.193 e. The summed E-state index contributed by atoms with van der Waals surface area (Å²) in [5, 5.41) is 13.3. The zero-order chi connectivity index (χ0) is 14.4. The highest BCUT2D eigenvalue weighted by Crippen LogP contribution is 2.09. The molecule has 116 valence electrons. The van der Waals surface area contributed by atoms with Crippen LogP contribution in [-0.2, 0) is 20.0 Å². The zero-order valence-electron chi connectivity index (χ0n) is 12.5. The Morgan fingerprint density at radius 1 is 1.52 bits per heavy atom. The van der Waals surface area contributed by atoms with Crippen LogP contribution < -0.4 is 5.32 Å². The third kappa shape index (κ3) is 5.27. The van der Waals surface area contributed by atoms with Gasteiger partial charge in [-0.3, -0.25) is 4.99 Å². The van der Waals surface area contributed by atoms with Gasteiger partial charge in [0.2, 0.25) is 0 Å². The molecule has 0 saturated heterocycles. The topological polar surface area (TPSA) is 58.3 Å². The Bertz CT molecular complexity index is 551. The Balaban J connectivity index is 0.00000220. The van der Waals surface area contributed by atoms with E-state index in [0.717, 1.165) is 24.7 Å². The monoisotopic (exact) mass is 420 g/mol. The van der Waals surface area contributed by atoms with Gasteiger partial charge in [-0.2, -0.15) is 0 Å². The van der Waals surface area contributed by atoms with Crippen molar-refractivity contribution < 1.29 is 0 Å². The fourth-order valence-corrected chi connectivity index (χ4v) is 2.55. The third-order valence-electron chi connectivity index (χ3n) is 3.06. The fraction of sp³-hybridized carbons (Fsp3) is 0.462. The first-order valence-electron chi connectivity index (χ1n) is 6.47. The third-order valence-corrected chi connectivity index (χ3v) is 3.99. The van der Waals surface area contributed by atoms with Crippen molar-refractivity contribution in [3.05, 3.63) is 34.5 Å². The second-order valence-corrected chi connectivity index (χ2v) is 5.54. The number of nitrogens with one attached hydrogen (secondary N) is 1. The maximum absolute atomic E-state index is 4.29. The van der Waals surface area contributed by atoms with Crippen LogP contribution in [0.4, 0.5) is 0 Å². The molecule has 2 aromatic rings. The van der Waals surface area contributed by atoms with Crippen molar-refractivity contribution >= 4 is 41.3 Å². The van der Waals surface area contributed by atoms with E-state index in [1.807, 2.05) is 18.7 Å². The van der Waals surface area contributed by atoms with Crippen LogP contribution in [0.3, 0.4) is 0 Å². The van der Waals surface area contributed by atoms with Crippen molar-refractivity contribution in [3.63, 3.8) is 0 Å². The molecular weight excluding hydrogens is 399 g/mol. The summed E-state index contributed by atoms with van der Waals surface area (Å²) in [6.45, 7) is 1.55. The first-order valence-corrected chi connectivity index (χ1v) is 7.35. The summed E-state index contributed by atoms with van der Waals surface area (Å²) in [5.41, 5.74) is 0. The highest BCUT2D eigenvalue weighted by atomic mass is 127. The van der Waals surface area contributed by atoms with E-state index in [0.29, 0.717) is 6.54 Å². The minimum atomic E-state index is 0. The summed E-state index contributed by atoms with van der Waals surface area (Å²) >= 11 is 1.79. The number of aryl methyl sites for hydroxylation is 1. The van der Waals surface area contributed by atoms with E-state index in [-0.39, 0.29) is 24.0 Å². The molecule has 21 heavy (non-hydrogen) atoms. The lowest BCUT2D eigenvalue weighted by atomic mass is 10.3. The lowest BCUT2D eigenvalue weighted by Crippen LogP contribution is -2.39. The molecule has 8 heteroatoms. The molecule has 6 nitrogen and oxygen atoms in total. The molecule has 0 bridgehead atoms. The van der Waals surface area contributed by atoms with Crippen LogP contribution in [0, 0.1) is 0 Å². The summed E-state index contributed by atoms with van der Waals surface area (Å²) in [5.74, 6) is 1.75. The molecular formula is C13H21IN6S. The van der Waals surface area contributed by atoms with Gasteiger partial charge in [0, 0.05) is 32.6 Å². The summed E-state index contributed by atoms with van der Waals surface area (Å²) in [6, 6.07) is 4.25. The number of aliphatic imine (C=N–C) groups is 1. The number of rotatable bonds is 5. The van der Waals surface area contributed by atoms with Gasteiger partial charge in [-0.1, -0.05) is 6.07 Å². The van der Waals surface area contributed by atoms with Gasteiger partial charge in [0.1, 0.15) is 6.33 Å². The van der Waals surface area contributed by atoms with Crippen molar-refractivity contribution in [2.75, 3.05) is 20.6 Å². The Labute approximate surface area is 146 Å². The molecule has 0 atom stereocenters. The average molecular weight is 420 g/mol. The van der Waals surface area contributed by atoms with Crippen molar-refractivity contribution in [2.45, 2.75) is 13.0 Å². The molecule has 0 unspecified atom stereocenters. The van der Waals surface area contributed by atoms with E-state index in [1.54, 1.807) is 24.7 Å². The smallest absolute Gasteiger partial charge is 0.193 e. The highest BCUT2D eigenvalue weighted by Gasteiger charge is 2.08. The van der Waals surface area contributed by atoms with E-state index in [9.17, 15) is 0 Å². The second-order valence-electron chi connectivity index (χ2n) is 4.51. The molecule has 0 aliphatic rings. The summed E-state index contributed by atoms with van der Waals surface area (Å²) in [7, 11) is 5.76. The van der Waals surface area contributed by atoms with Crippen LogP contribution in [0.5, 0.6) is 0 Å². The minimum absolute atomic E-state index is 0. The van der Waals surface area contributed by atoms with Crippen LogP contribution in [0.15, 0.2) is 28.8 Å². The molecule has 2 aromatic heterocycles. The standard InChI is InChI=1S/C13H20N6S.HI/c1-14-13(15-9-12-17-16-10-19(12)3)18(2)7-6-11-5-4-8-20-11;/h4-5,8,10H,6-7,9H2,1-3H3,(H,14,15);1H. The van der Waals surface area contributed by atoms with Gasteiger partial charge in [-0.05, 0) is 17.9 Å². The Kier molecular flexibility index (Phi) is 7.65. The predicted octanol–water partition coefficient (Wildman–Crippen LogP) is 1.74. The Morgan fingerprint density at radius 3 is 2.90 bits per heavy atom. The largest absolute Gasteiger partial charge is 0.349 e. The number of likely N-dealkylation sites (N-methyl/N-ethyl adjacent to an activating group) is 1. The molecule has 0 fully saturated rings. The molecule has 0 aromatic carbocycles. The van der Waals surface area contributed by atoms with E-state index in [2.05, 4.69) is 42.9 Å². The lowest BCUT2D eigenvalue weighted by Gasteiger charge is -2.21. The lowest BCUT2D eigenvalue weighted by molar-refractivity contribution is 0.484. The number of hydrogen-bond acceptors (Lipinski definition) is 4. The molecule has 0 aliphatic heterocycles. The van der Waals surface area contributed by atoms with Crippen LogP contribution >= 0.6 is 35.3 Å². The quantitative estimate of drug-likeness (QED) is 0.455. The first-order chi connectivity index (χ1) is 9.70. The Morgan fingerprint density at radius 2 is 2.33 bits per heavy atom. The summed E-state index contributed by atoms with van der Waals surface area (Å²) in [6.07, 6.45) is 2.72. The molecule has 0 amide bonds. The van der Waals surface area contributed by atoms with Gasteiger partial charge >= 0.3 is 0 Å². The summed E-state index contributed by atoms with van der Waals surface area (Å²) in [4.78, 5) is 7.81. The number of hydrogen-bond donors (Lipinski definition) is 1. The normalized spacial score (nSPS) is 11.1. The predicted molar refractivity (Wildman–Crippen MR) is 97.3 cm³/mol. The van der Waals surface area contributed by atoms with E-state index >= 15 is 0 Å². The average Bonchev–Trinajstić information content (AvgIpc) is 3.09. The van der Waals surface area contributed by atoms with Crippen LogP contribution in [-0.4, -0.2) is 46.3 Å². The number of nitrogens with zero attached hydrogens (tertiary/aromatic N) is 5. The number of guanidine groups is 1. The molecule has 0 saturated carbocycles.